The SMILES string of the molecule is CC(C)(C)c1ccc(CNCCCOc2ccccc2)s1. The molecule has 2 rings (SSSR count). The monoisotopic (exact) mass is 303 g/mol. The number of hydrogen-bond donors (Lipinski definition) is 1. The van der Waals surface area contributed by atoms with Gasteiger partial charge in [-0.15, -0.1) is 11.3 Å². The Balaban J connectivity index is 1.61. The molecular weight excluding hydrogens is 278 g/mol. The summed E-state index contributed by atoms with van der Waals surface area (Å²) in [6, 6.07) is 14.5. The number of ether oxygens (including phenoxy) is 1. The van der Waals surface area contributed by atoms with Crippen LogP contribution < -0.4 is 10.1 Å². The van der Waals surface area contributed by atoms with E-state index in [4.69, 9.17) is 4.74 Å². The molecule has 0 fully saturated rings. The lowest BCUT2D eigenvalue weighted by Gasteiger charge is -2.15. The van der Waals surface area contributed by atoms with Gasteiger partial charge in [0, 0.05) is 16.3 Å². The van der Waals surface area contributed by atoms with Crippen LogP contribution in [-0.4, -0.2) is 13.2 Å². The predicted molar refractivity (Wildman–Crippen MR) is 91.3 cm³/mol. The summed E-state index contributed by atoms with van der Waals surface area (Å²) in [6.45, 7) is 9.47. The van der Waals surface area contributed by atoms with E-state index in [0.29, 0.717) is 0 Å². The molecule has 0 atom stereocenters. The Hall–Kier alpha value is -1.32. The summed E-state index contributed by atoms with van der Waals surface area (Å²) in [5.74, 6) is 0.950. The van der Waals surface area contributed by atoms with Gasteiger partial charge in [-0.3, -0.25) is 0 Å². The zero-order valence-corrected chi connectivity index (χ0v) is 14.0. The van der Waals surface area contributed by atoms with Crippen LogP contribution in [0, 0.1) is 0 Å². The number of nitrogens with one attached hydrogen (secondary N) is 1. The summed E-state index contributed by atoms with van der Waals surface area (Å²) in [5.41, 5.74) is 0.256. The first-order valence-corrected chi connectivity index (χ1v) is 8.35. The fraction of sp³-hybridized carbons (Fsp3) is 0.444. The number of para-hydroxylation sites is 1. The molecular formula is C18H25NOS. The van der Waals surface area contributed by atoms with Gasteiger partial charge >= 0.3 is 0 Å². The van der Waals surface area contributed by atoms with Crippen LogP contribution >= 0.6 is 11.3 Å². The van der Waals surface area contributed by atoms with Crippen LogP contribution in [0.4, 0.5) is 0 Å². The minimum absolute atomic E-state index is 0.256. The number of thiophene rings is 1. The van der Waals surface area contributed by atoms with Crippen molar-refractivity contribution >= 4 is 11.3 Å². The van der Waals surface area contributed by atoms with E-state index in [2.05, 4.69) is 38.2 Å². The molecule has 1 heterocycles. The smallest absolute Gasteiger partial charge is 0.119 e. The van der Waals surface area contributed by atoms with E-state index >= 15 is 0 Å². The fourth-order valence-electron chi connectivity index (χ4n) is 1.99. The molecule has 0 amide bonds. The van der Waals surface area contributed by atoms with Crippen LogP contribution in [0.5, 0.6) is 5.75 Å². The van der Waals surface area contributed by atoms with Crippen LogP contribution in [0.15, 0.2) is 42.5 Å². The van der Waals surface area contributed by atoms with E-state index in [-0.39, 0.29) is 5.41 Å². The van der Waals surface area contributed by atoms with Crippen molar-refractivity contribution in [1.29, 1.82) is 0 Å². The topological polar surface area (TPSA) is 21.3 Å². The standard InChI is InChI=1S/C18H25NOS/c1-18(2,3)17-11-10-16(21-17)14-19-12-7-13-20-15-8-5-4-6-9-15/h4-6,8-11,19H,7,12-14H2,1-3H3. The molecule has 114 valence electrons. The van der Waals surface area contributed by atoms with Gasteiger partial charge in [0.05, 0.1) is 6.61 Å². The second kappa shape index (κ2) is 7.62. The molecule has 2 nitrogen and oxygen atoms in total. The number of rotatable bonds is 7. The van der Waals surface area contributed by atoms with E-state index in [1.54, 1.807) is 0 Å². The molecule has 0 aliphatic heterocycles. The van der Waals surface area contributed by atoms with Gasteiger partial charge in [-0.1, -0.05) is 39.0 Å². The first-order valence-electron chi connectivity index (χ1n) is 7.53. The molecule has 0 unspecified atom stereocenters. The van der Waals surface area contributed by atoms with Gasteiger partial charge in [-0.05, 0) is 42.6 Å². The second-order valence-corrected chi connectivity index (χ2v) is 7.38. The molecule has 21 heavy (non-hydrogen) atoms. The van der Waals surface area contributed by atoms with Gasteiger partial charge in [0.25, 0.3) is 0 Å². The Morgan fingerprint density at radius 1 is 1.05 bits per heavy atom. The molecule has 1 aromatic carbocycles. The first-order chi connectivity index (χ1) is 10.1. The summed E-state index contributed by atoms with van der Waals surface area (Å²) >= 11 is 1.91. The molecule has 1 N–H and O–H groups in total. The highest BCUT2D eigenvalue weighted by atomic mass is 32.1. The summed E-state index contributed by atoms with van der Waals surface area (Å²) < 4.78 is 5.67. The largest absolute Gasteiger partial charge is 0.494 e. The molecule has 0 saturated carbocycles. The number of benzene rings is 1. The van der Waals surface area contributed by atoms with E-state index in [9.17, 15) is 0 Å². The fourth-order valence-corrected chi connectivity index (χ4v) is 3.03. The van der Waals surface area contributed by atoms with Gasteiger partial charge in [0.2, 0.25) is 0 Å². The Morgan fingerprint density at radius 3 is 2.48 bits per heavy atom. The highest BCUT2D eigenvalue weighted by Crippen LogP contribution is 2.29. The lowest BCUT2D eigenvalue weighted by Crippen LogP contribution is -2.16. The summed E-state index contributed by atoms with van der Waals surface area (Å²) in [7, 11) is 0. The summed E-state index contributed by atoms with van der Waals surface area (Å²) in [6.07, 6.45) is 1.02. The van der Waals surface area contributed by atoms with Crippen molar-refractivity contribution in [3.05, 3.63) is 52.2 Å². The van der Waals surface area contributed by atoms with E-state index in [1.807, 2.05) is 41.7 Å². The Bertz CT molecular complexity index is 528. The number of hydrogen-bond acceptors (Lipinski definition) is 3. The van der Waals surface area contributed by atoms with Crippen molar-refractivity contribution in [3.63, 3.8) is 0 Å². The van der Waals surface area contributed by atoms with Crippen LogP contribution in [0.3, 0.4) is 0 Å². The summed E-state index contributed by atoms with van der Waals surface area (Å²) in [4.78, 5) is 2.86. The molecule has 2 aromatic rings. The molecule has 1 aromatic heterocycles. The van der Waals surface area contributed by atoms with Gasteiger partial charge in [-0.25, -0.2) is 0 Å². The Kier molecular flexibility index (Phi) is 5.83. The highest BCUT2D eigenvalue weighted by Gasteiger charge is 2.15. The van der Waals surface area contributed by atoms with E-state index < -0.39 is 0 Å². The highest BCUT2D eigenvalue weighted by molar-refractivity contribution is 7.12. The molecule has 0 radical (unpaired) electrons. The normalized spacial score (nSPS) is 11.6. The predicted octanol–water partition coefficient (Wildman–Crippen LogP) is 4.60. The van der Waals surface area contributed by atoms with E-state index in [1.165, 1.54) is 9.75 Å². The van der Waals surface area contributed by atoms with Crippen LogP contribution in [0.1, 0.15) is 36.9 Å². The third-order valence-corrected chi connectivity index (χ3v) is 4.72. The van der Waals surface area contributed by atoms with Gasteiger partial charge in [0.1, 0.15) is 5.75 Å². The van der Waals surface area contributed by atoms with E-state index in [0.717, 1.165) is 31.9 Å². The zero-order valence-electron chi connectivity index (χ0n) is 13.2. The quantitative estimate of drug-likeness (QED) is 0.755. The van der Waals surface area contributed by atoms with Gasteiger partial charge in [0.15, 0.2) is 0 Å². The van der Waals surface area contributed by atoms with Gasteiger partial charge < -0.3 is 10.1 Å². The minimum Gasteiger partial charge on any atom is -0.494 e. The molecule has 0 aliphatic rings. The zero-order chi connectivity index (χ0) is 15.1. The van der Waals surface area contributed by atoms with Crippen molar-refractivity contribution in [1.82, 2.24) is 5.32 Å². The van der Waals surface area contributed by atoms with Crippen molar-refractivity contribution in [3.8, 4) is 5.75 Å². The maximum Gasteiger partial charge on any atom is 0.119 e. The Morgan fingerprint density at radius 2 is 1.81 bits per heavy atom. The molecule has 0 saturated heterocycles. The third kappa shape index (κ3) is 5.52. The minimum atomic E-state index is 0.256. The van der Waals surface area contributed by atoms with Crippen molar-refractivity contribution < 1.29 is 4.74 Å². The van der Waals surface area contributed by atoms with Crippen molar-refractivity contribution in [2.24, 2.45) is 0 Å². The van der Waals surface area contributed by atoms with Crippen molar-refractivity contribution in [2.45, 2.75) is 39.2 Å². The Labute approximate surface area is 132 Å². The van der Waals surface area contributed by atoms with Crippen LogP contribution in [0.25, 0.3) is 0 Å². The average molecular weight is 303 g/mol. The molecule has 0 spiro atoms. The van der Waals surface area contributed by atoms with Crippen molar-refractivity contribution in [2.75, 3.05) is 13.2 Å². The van der Waals surface area contributed by atoms with Gasteiger partial charge in [-0.2, -0.15) is 0 Å². The third-order valence-electron chi connectivity index (χ3n) is 3.21. The maximum absolute atomic E-state index is 5.67. The second-order valence-electron chi connectivity index (χ2n) is 6.21. The lowest BCUT2D eigenvalue weighted by atomic mass is 9.95. The summed E-state index contributed by atoms with van der Waals surface area (Å²) in [5, 5.41) is 3.48. The molecule has 0 bridgehead atoms. The molecule has 3 heteroatoms. The average Bonchev–Trinajstić information content (AvgIpc) is 2.93. The van der Waals surface area contributed by atoms with Crippen LogP contribution in [0.2, 0.25) is 0 Å². The maximum atomic E-state index is 5.67. The molecule has 0 aliphatic carbocycles. The first kappa shape index (κ1) is 16.1. The lowest BCUT2D eigenvalue weighted by molar-refractivity contribution is 0.308. The van der Waals surface area contributed by atoms with Crippen LogP contribution in [-0.2, 0) is 12.0 Å².